The molecule has 0 saturated heterocycles. The molecule has 0 bridgehead atoms. The number of carboxylic acids is 1. The van der Waals surface area contributed by atoms with Crippen molar-refractivity contribution in [1.82, 2.24) is 0 Å². The number of esters is 1. The molecule has 0 spiro atoms. The van der Waals surface area contributed by atoms with Gasteiger partial charge in [0.1, 0.15) is 6.61 Å². The summed E-state index contributed by atoms with van der Waals surface area (Å²) in [5.74, 6) is -4.37. The van der Waals surface area contributed by atoms with Gasteiger partial charge in [-0.25, -0.2) is 0 Å². The highest BCUT2D eigenvalue weighted by atomic mass is 19.4. The third-order valence-electron chi connectivity index (χ3n) is 4.35. The second-order valence-electron chi connectivity index (χ2n) is 6.48. The summed E-state index contributed by atoms with van der Waals surface area (Å²) in [6.45, 7) is -0.0854. The van der Waals surface area contributed by atoms with Crippen LogP contribution >= 0.6 is 0 Å². The number of ether oxygens (including phenoxy) is 1. The van der Waals surface area contributed by atoms with Crippen molar-refractivity contribution in [2.75, 3.05) is 0 Å². The molecule has 2 rings (SSSR count). The number of halogens is 3. The molecule has 7 heteroatoms. The molecule has 1 fully saturated rings. The first-order chi connectivity index (χ1) is 11.8. The van der Waals surface area contributed by atoms with Gasteiger partial charge in [0.05, 0.1) is 11.8 Å². The number of alkyl halides is 3. The Kier molecular flexibility index (Phi) is 6.45. The lowest BCUT2D eigenvalue weighted by atomic mass is 9.84. The van der Waals surface area contributed by atoms with E-state index in [1.165, 1.54) is 0 Å². The van der Waals surface area contributed by atoms with Gasteiger partial charge < -0.3 is 9.84 Å². The van der Waals surface area contributed by atoms with Crippen LogP contribution < -0.4 is 0 Å². The Hall–Kier alpha value is -2.05. The Morgan fingerprint density at radius 1 is 1.16 bits per heavy atom. The van der Waals surface area contributed by atoms with E-state index in [0.29, 0.717) is 5.56 Å². The van der Waals surface area contributed by atoms with Gasteiger partial charge in [0.25, 0.3) is 0 Å². The lowest BCUT2D eigenvalue weighted by molar-refractivity contribution is -0.164. The molecule has 0 aliphatic heterocycles. The number of aliphatic carboxylic acids is 1. The minimum atomic E-state index is -4.44. The first kappa shape index (κ1) is 19.3. The van der Waals surface area contributed by atoms with Gasteiger partial charge in [-0.1, -0.05) is 43.2 Å². The Bertz CT molecular complexity index is 582. The summed E-state index contributed by atoms with van der Waals surface area (Å²) in [6, 6.07) is 8.72. The molecular formula is C18H21F3O4. The Balaban J connectivity index is 2.05. The number of rotatable bonds is 9. The molecule has 4 nitrogen and oxygen atoms in total. The summed E-state index contributed by atoms with van der Waals surface area (Å²) in [5.41, 5.74) is 0.694. The number of hydrogen-bond acceptors (Lipinski definition) is 3. The van der Waals surface area contributed by atoms with Gasteiger partial charge in [-0.2, -0.15) is 13.2 Å². The fourth-order valence-corrected chi connectivity index (χ4v) is 2.79. The van der Waals surface area contributed by atoms with Crippen molar-refractivity contribution in [2.24, 2.45) is 17.8 Å². The normalized spacial score (nSPS) is 16.9. The molecule has 0 radical (unpaired) electrons. The molecule has 0 aromatic heterocycles. The summed E-state index contributed by atoms with van der Waals surface area (Å²) in [4.78, 5) is 23.8. The molecule has 138 valence electrons. The minimum Gasteiger partial charge on any atom is -0.481 e. The lowest BCUT2D eigenvalue weighted by Crippen LogP contribution is -2.33. The minimum absolute atomic E-state index is 0.0854. The third-order valence-corrected chi connectivity index (χ3v) is 4.35. The van der Waals surface area contributed by atoms with E-state index in [-0.39, 0.29) is 18.9 Å². The Morgan fingerprint density at radius 3 is 2.32 bits per heavy atom. The highest BCUT2D eigenvalue weighted by Gasteiger charge is 2.41. The maximum absolute atomic E-state index is 12.6. The number of hydrogen-bond donors (Lipinski definition) is 1. The van der Waals surface area contributed by atoms with Crippen molar-refractivity contribution in [3.05, 3.63) is 35.9 Å². The van der Waals surface area contributed by atoms with E-state index in [9.17, 15) is 27.9 Å². The number of carbonyl (C=O) groups excluding carboxylic acids is 1. The van der Waals surface area contributed by atoms with E-state index in [1.807, 2.05) is 0 Å². The van der Waals surface area contributed by atoms with E-state index < -0.39 is 42.8 Å². The highest BCUT2D eigenvalue weighted by Crippen LogP contribution is 2.39. The molecule has 2 unspecified atom stereocenters. The van der Waals surface area contributed by atoms with Crippen molar-refractivity contribution in [2.45, 2.75) is 44.9 Å². The average Bonchev–Trinajstić information content (AvgIpc) is 3.36. The van der Waals surface area contributed by atoms with Gasteiger partial charge in [0.2, 0.25) is 0 Å². The van der Waals surface area contributed by atoms with Gasteiger partial charge in [-0.05, 0) is 24.3 Å². The molecule has 1 aromatic rings. The summed E-state index contributed by atoms with van der Waals surface area (Å²) < 4.78 is 42.8. The predicted molar refractivity (Wildman–Crippen MR) is 83.5 cm³/mol. The van der Waals surface area contributed by atoms with Crippen LogP contribution in [0.4, 0.5) is 13.2 Å². The smallest absolute Gasteiger partial charge is 0.389 e. The lowest BCUT2D eigenvalue weighted by Gasteiger charge is -2.23. The van der Waals surface area contributed by atoms with Crippen LogP contribution in [-0.4, -0.2) is 23.2 Å². The van der Waals surface area contributed by atoms with Crippen molar-refractivity contribution in [3.63, 3.8) is 0 Å². The molecule has 1 aliphatic carbocycles. The van der Waals surface area contributed by atoms with Gasteiger partial charge in [0, 0.05) is 6.42 Å². The molecule has 2 atom stereocenters. The fourth-order valence-electron chi connectivity index (χ4n) is 2.79. The van der Waals surface area contributed by atoms with Crippen LogP contribution in [0.5, 0.6) is 0 Å². The Morgan fingerprint density at radius 2 is 1.80 bits per heavy atom. The first-order valence-electron chi connectivity index (χ1n) is 8.26. The summed E-state index contributed by atoms with van der Waals surface area (Å²) in [7, 11) is 0. The maximum atomic E-state index is 12.6. The maximum Gasteiger partial charge on any atom is 0.389 e. The van der Waals surface area contributed by atoms with Gasteiger partial charge in [-0.15, -0.1) is 0 Å². The van der Waals surface area contributed by atoms with E-state index in [1.54, 1.807) is 30.3 Å². The molecule has 1 aliphatic rings. The standard InChI is InChI=1S/C18H21F3O4/c19-18(20,21)9-8-14(15(16(22)23)10-12-6-7-12)17(24)25-11-13-4-2-1-3-5-13/h1-5,12,14-15H,6-11H2,(H,22,23). The molecule has 25 heavy (non-hydrogen) atoms. The average molecular weight is 358 g/mol. The zero-order valence-electron chi connectivity index (χ0n) is 13.7. The van der Waals surface area contributed by atoms with E-state index in [4.69, 9.17) is 4.74 Å². The zero-order valence-corrected chi connectivity index (χ0v) is 13.7. The zero-order chi connectivity index (χ0) is 18.4. The van der Waals surface area contributed by atoms with Crippen LogP contribution in [-0.2, 0) is 20.9 Å². The van der Waals surface area contributed by atoms with Crippen LogP contribution in [0.15, 0.2) is 30.3 Å². The fraction of sp³-hybridized carbons (Fsp3) is 0.556. The number of carboxylic acid groups (broad SMARTS) is 1. The predicted octanol–water partition coefficient (Wildman–Crippen LogP) is 4.19. The largest absolute Gasteiger partial charge is 0.481 e. The second-order valence-corrected chi connectivity index (χ2v) is 6.48. The monoisotopic (exact) mass is 358 g/mol. The van der Waals surface area contributed by atoms with Crippen molar-refractivity contribution in [3.8, 4) is 0 Å². The molecule has 1 aromatic carbocycles. The summed E-state index contributed by atoms with van der Waals surface area (Å²) >= 11 is 0. The molecule has 1 N–H and O–H groups in total. The van der Waals surface area contributed by atoms with Gasteiger partial charge >= 0.3 is 18.1 Å². The first-order valence-corrected chi connectivity index (χ1v) is 8.26. The van der Waals surface area contributed by atoms with Crippen molar-refractivity contribution >= 4 is 11.9 Å². The van der Waals surface area contributed by atoms with E-state index in [0.717, 1.165) is 12.8 Å². The van der Waals surface area contributed by atoms with Crippen molar-refractivity contribution in [1.29, 1.82) is 0 Å². The molecule has 0 amide bonds. The molecular weight excluding hydrogens is 337 g/mol. The van der Waals surface area contributed by atoms with Crippen LogP contribution in [0.1, 0.15) is 37.7 Å². The van der Waals surface area contributed by atoms with Crippen LogP contribution in [0.25, 0.3) is 0 Å². The van der Waals surface area contributed by atoms with Crippen LogP contribution in [0, 0.1) is 17.8 Å². The topological polar surface area (TPSA) is 63.6 Å². The van der Waals surface area contributed by atoms with E-state index in [2.05, 4.69) is 0 Å². The summed E-state index contributed by atoms with van der Waals surface area (Å²) in [5, 5.41) is 9.39. The third kappa shape index (κ3) is 6.76. The molecule has 1 saturated carbocycles. The summed E-state index contributed by atoms with van der Waals surface area (Å²) in [6.07, 6.45) is -4.28. The van der Waals surface area contributed by atoms with Gasteiger partial charge in [-0.3, -0.25) is 9.59 Å². The van der Waals surface area contributed by atoms with Crippen LogP contribution in [0.3, 0.4) is 0 Å². The second kappa shape index (κ2) is 8.36. The number of carbonyl (C=O) groups is 2. The van der Waals surface area contributed by atoms with E-state index >= 15 is 0 Å². The molecule has 0 heterocycles. The van der Waals surface area contributed by atoms with Gasteiger partial charge in [0.15, 0.2) is 0 Å². The van der Waals surface area contributed by atoms with Crippen LogP contribution in [0.2, 0.25) is 0 Å². The Labute approximate surface area is 144 Å². The van der Waals surface area contributed by atoms with Crippen molar-refractivity contribution < 1.29 is 32.6 Å². The highest BCUT2D eigenvalue weighted by molar-refractivity contribution is 5.81. The number of benzene rings is 1. The SMILES string of the molecule is O=C(O)C(CC1CC1)C(CCC(F)(F)F)C(=O)OCc1ccccc1. The quantitative estimate of drug-likeness (QED) is 0.673.